The maximum atomic E-state index is 12.7. The molecule has 0 aliphatic carbocycles. The van der Waals surface area contributed by atoms with Crippen LogP contribution in [0, 0.1) is 0 Å². The summed E-state index contributed by atoms with van der Waals surface area (Å²) in [6.07, 6.45) is 0.914. The van der Waals surface area contributed by atoms with E-state index in [-0.39, 0.29) is 60.7 Å². The first-order valence-corrected chi connectivity index (χ1v) is 22.1. The Kier molecular flexibility index (Phi) is 19.4. The van der Waals surface area contributed by atoms with Crippen molar-refractivity contribution in [2.45, 2.75) is 52.3 Å². The maximum absolute atomic E-state index is 12.7. The van der Waals surface area contributed by atoms with Crippen LogP contribution in [-0.2, 0) is 36.9 Å². The van der Waals surface area contributed by atoms with Gasteiger partial charge in [0.25, 0.3) is 17.0 Å². The third-order valence-corrected chi connectivity index (χ3v) is 9.75. The van der Waals surface area contributed by atoms with Crippen molar-refractivity contribution in [3.05, 3.63) is 164 Å². The molecule has 366 valence electrons. The maximum Gasteiger partial charge on any atom is 0.407 e. The number of methoxy groups -OCH3 is 2. The van der Waals surface area contributed by atoms with Crippen LogP contribution in [0.3, 0.4) is 0 Å². The van der Waals surface area contributed by atoms with E-state index < -0.39 is 17.7 Å². The van der Waals surface area contributed by atoms with E-state index in [2.05, 4.69) is 31.5 Å². The zero-order chi connectivity index (χ0) is 50.6. The number of anilines is 2. The van der Waals surface area contributed by atoms with Crippen molar-refractivity contribution in [3.63, 3.8) is 0 Å². The van der Waals surface area contributed by atoms with Gasteiger partial charge in [0.1, 0.15) is 18.8 Å². The summed E-state index contributed by atoms with van der Waals surface area (Å²) < 4.78 is 17.5. The molecule has 0 bridgehead atoms. The summed E-state index contributed by atoms with van der Waals surface area (Å²) in [4.78, 5) is 83.9. The minimum atomic E-state index is -1.03. The zero-order valence-corrected chi connectivity index (χ0v) is 39.5. The van der Waals surface area contributed by atoms with Crippen molar-refractivity contribution in [1.29, 1.82) is 0 Å². The van der Waals surface area contributed by atoms with Gasteiger partial charge in [-0.05, 0) is 105 Å². The number of aromatic nitrogens is 4. The molecule has 0 saturated carbocycles. The second-order valence-corrected chi connectivity index (χ2v) is 16.7. The third-order valence-electron chi connectivity index (χ3n) is 9.75. The topological polar surface area (TPSA) is 251 Å². The van der Waals surface area contributed by atoms with Gasteiger partial charge in [0.05, 0.1) is 30.0 Å². The quantitative estimate of drug-likeness (QED) is 0.0601. The summed E-state index contributed by atoms with van der Waals surface area (Å²) in [5.74, 6) is -1.82. The van der Waals surface area contributed by atoms with Crippen LogP contribution < -0.4 is 32.4 Å². The highest BCUT2D eigenvalue weighted by Crippen LogP contribution is 2.20. The van der Waals surface area contributed by atoms with Crippen molar-refractivity contribution in [2.75, 3.05) is 51.2 Å². The molecule has 19 nitrogen and oxygen atoms in total. The molecular formula is C51H56N8O11. The minimum absolute atomic E-state index is 0.0529. The van der Waals surface area contributed by atoms with E-state index in [4.69, 9.17) is 19.3 Å². The van der Waals surface area contributed by atoms with Gasteiger partial charge in [0.2, 0.25) is 11.8 Å². The molecule has 0 unspecified atom stereocenters. The molecule has 0 atom stereocenters. The number of amides is 4. The largest absolute Gasteiger partial charge is 0.478 e. The van der Waals surface area contributed by atoms with Gasteiger partial charge in [0, 0.05) is 67.5 Å². The van der Waals surface area contributed by atoms with Gasteiger partial charge in [-0.3, -0.25) is 24.0 Å². The molecule has 6 aromatic rings. The predicted octanol–water partition coefficient (Wildman–Crippen LogP) is 5.82. The molecule has 0 aliphatic rings. The van der Waals surface area contributed by atoms with Gasteiger partial charge in [-0.25, -0.2) is 19.0 Å². The lowest BCUT2D eigenvalue weighted by Gasteiger charge is -2.19. The number of hydrogen-bond acceptors (Lipinski definition) is 12. The van der Waals surface area contributed by atoms with Gasteiger partial charge >= 0.3 is 12.1 Å². The van der Waals surface area contributed by atoms with Crippen LogP contribution in [-0.4, -0.2) is 101 Å². The number of carbonyl (C=O) groups is 5. The molecule has 6 rings (SSSR count). The average molecular weight is 957 g/mol. The number of aromatic carboxylic acids is 1. The Bertz CT molecular complexity index is 2910. The average Bonchev–Trinajstić information content (AvgIpc) is 3.31. The number of nitrogens with one attached hydrogen (secondary N) is 4. The first-order valence-electron chi connectivity index (χ1n) is 22.1. The monoisotopic (exact) mass is 956 g/mol. The van der Waals surface area contributed by atoms with E-state index in [1.165, 1.54) is 47.8 Å². The van der Waals surface area contributed by atoms with Gasteiger partial charge in [0.15, 0.2) is 0 Å². The van der Waals surface area contributed by atoms with E-state index >= 15 is 0 Å². The lowest BCUT2D eigenvalue weighted by molar-refractivity contribution is -0.120. The Hall–Kier alpha value is -8.29. The zero-order valence-electron chi connectivity index (χ0n) is 39.5. The fraction of sp³-hybridized carbons (Fsp3) is 0.275. The van der Waals surface area contributed by atoms with Gasteiger partial charge in [-0.1, -0.05) is 48.5 Å². The lowest BCUT2D eigenvalue weighted by atomic mass is 10.1. The summed E-state index contributed by atoms with van der Waals surface area (Å²) in [5, 5.41) is 29.1. The molecule has 2 aromatic heterocycles. The number of unbranched alkanes of at least 4 members (excludes halogenated alkanes) is 1. The van der Waals surface area contributed by atoms with Crippen LogP contribution in [0.4, 0.5) is 16.2 Å². The van der Waals surface area contributed by atoms with E-state index in [0.29, 0.717) is 65.4 Å². The second kappa shape index (κ2) is 25.7. The highest BCUT2D eigenvalue weighted by molar-refractivity contribution is 5.95. The first-order chi connectivity index (χ1) is 33.5. The van der Waals surface area contributed by atoms with Crippen LogP contribution >= 0.6 is 0 Å². The molecule has 0 radical (unpaired) electrons. The molecule has 2 heterocycles. The third kappa shape index (κ3) is 17.1. The molecule has 5 N–H and O–H groups in total. The van der Waals surface area contributed by atoms with E-state index in [1.807, 2.05) is 18.2 Å². The number of nitrogens with zero attached hydrogens (tertiary/aromatic N) is 4. The number of carboxylic acid groups (broad SMARTS) is 1. The normalized spacial score (nSPS) is 10.8. The Morgan fingerprint density at radius 2 is 1.04 bits per heavy atom. The molecule has 0 spiro atoms. The molecule has 4 amide bonds. The molecular weight excluding hydrogens is 901 g/mol. The van der Waals surface area contributed by atoms with Crippen molar-refractivity contribution in [2.24, 2.45) is 0 Å². The molecule has 4 aromatic carbocycles. The standard InChI is InChI=1S/C30H37N5O6.C21H19N3O5/c1-30(2,3)41-29(39)32-16-6-5-15-31-28(38)23-11-8-10-22(18-23)25-13-14-27(37)35(34-25)19-21-9-7-12-24(17-21)33-26(36)20-40-4;1-29-13-19(25)22-17-7-2-4-14(10-17)12-24-20(26)9-8-18(23-24)15-5-3-6-16(11-15)21(27)28/h7-14,17-18H,5-6,15-16,19-20H2,1-4H3,(H,31,38)(H,32,39)(H,33,36);2-11H,12-13H2,1H3,(H,22,25)(H,27,28). The van der Waals surface area contributed by atoms with Crippen LogP contribution in [0.2, 0.25) is 0 Å². The molecule has 0 saturated heterocycles. The van der Waals surface area contributed by atoms with Crippen LogP contribution in [0.15, 0.2) is 131 Å². The van der Waals surface area contributed by atoms with Crippen LogP contribution in [0.5, 0.6) is 0 Å². The Morgan fingerprint density at radius 1 is 0.586 bits per heavy atom. The second-order valence-electron chi connectivity index (χ2n) is 16.7. The summed E-state index contributed by atoms with van der Waals surface area (Å²) >= 11 is 0. The van der Waals surface area contributed by atoms with Crippen molar-refractivity contribution < 1.29 is 43.3 Å². The smallest absolute Gasteiger partial charge is 0.407 e. The summed E-state index contributed by atoms with van der Waals surface area (Å²) in [7, 11) is 2.88. The van der Waals surface area contributed by atoms with Crippen molar-refractivity contribution in [3.8, 4) is 22.5 Å². The number of alkyl carbamates (subject to hydrolysis) is 1. The first kappa shape index (κ1) is 52.7. The summed E-state index contributed by atoms with van der Waals surface area (Å²) in [6.45, 7) is 6.60. The summed E-state index contributed by atoms with van der Waals surface area (Å²) in [5.41, 5.74) is 4.52. The van der Waals surface area contributed by atoms with E-state index in [0.717, 1.165) is 11.1 Å². The lowest BCUT2D eigenvalue weighted by Crippen LogP contribution is -2.33. The van der Waals surface area contributed by atoms with E-state index in [9.17, 15) is 33.6 Å². The molecule has 0 aliphatic heterocycles. The number of ether oxygens (including phenoxy) is 3. The fourth-order valence-corrected chi connectivity index (χ4v) is 6.62. The highest BCUT2D eigenvalue weighted by Gasteiger charge is 2.16. The number of hydrogen-bond donors (Lipinski definition) is 5. The van der Waals surface area contributed by atoms with Gasteiger partial charge in [-0.15, -0.1) is 0 Å². The van der Waals surface area contributed by atoms with E-state index in [1.54, 1.807) is 99.6 Å². The summed E-state index contributed by atoms with van der Waals surface area (Å²) in [6, 6.07) is 33.6. The molecule has 0 fully saturated rings. The van der Waals surface area contributed by atoms with Gasteiger partial charge in [-0.2, -0.15) is 10.2 Å². The number of benzene rings is 4. The Balaban J connectivity index is 0.000000276. The minimum Gasteiger partial charge on any atom is -0.478 e. The van der Waals surface area contributed by atoms with Crippen molar-refractivity contribution in [1.82, 2.24) is 30.2 Å². The van der Waals surface area contributed by atoms with Crippen molar-refractivity contribution >= 4 is 41.2 Å². The fourth-order valence-electron chi connectivity index (χ4n) is 6.62. The number of carboxylic acids is 1. The molecule has 19 heteroatoms. The predicted molar refractivity (Wildman–Crippen MR) is 263 cm³/mol. The Labute approximate surface area is 403 Å². The van der Waals surface area contributed by atoms with Gasteiger partial charge < -0.3 is 40.6 Å². The highest BCUT2D eigenvalue weighted by atomic mass is 16.6. The molecule has 70 heavy (non-hydrogen) atoms. The number of rotatable bonds is 19. The number of carbonyl (C=O) groups excluding carboxylic acids is 4. The Morgan fingerprint density at radius 3 is 1.51 bits per heavy atom. The van der Waals surface area contributed by atoms with Crippen LogP contribution in [0.25, 0.3) is 22.5 Å². The van der Waals surface area contributed by atoms with Crippen LogP contribution in [0.1, 0.15) is 65.5 Å². The SMILES string of the molecule is COCC(=O)Nc1cccc(Cn2nc(-c3cccc(C(=O)NCCCCNC(=O)OC(C)(C)C)c3)ccc2=O)c1.COCC(=O)Nc1cccc(Cn2nc(-c3cccc(C(=O)O)c3)ccc2=O)c1.